The Bertz CT molecular complexity index is 644. The highest BCUT2D eigenvalue weighted by Gasteiger charge is 2.23. The Labute approximate surface area is 157 Å². The summed E-state index contributed by atoms with van der Waals surface area (Å²) in [7, 11) is -3.19. The minimum Gasteiger partial charge on any atom is -0.452 e. The molecular weight excluding hydrogens is 356 g/mol. The van der Waals surface area contributed by atoms with Crippen LogP contribution in [0.1, 0.15) is 47.1 Å². The lowest BCUT2D eigenvalue weighted by atomic mass is 9.86. The van der Waals surface area contributed by atoms with E-state index in [0.29, 0.717) is 5.56 Å². The molecule has 1 rings (SSSR count). The van der Waals surface area contributed by atoms with Crippen LogP contribution in [0.4, 0.5) is 4.79 Å². The summed E-state index contributed by atoms with van der Waals surface area (Å²) in [6, 6.07) is 6.73. The van der Waals surface area contributed by atoms with Gasteiger partial charge < -0.3 is 13.8 Å². The van der Waals surface area contributed by atoms with E-state index >= 15 is 0 Å². The molecule has 0 aromatic heterocycles. The van der Waals surface area contributed by atoms with Crippen molar-refractivity contribution < 1.29 is 22.1 Å². The predicted octanol–water partition coefficient (Wildman–Crippen LogP) is 3.31. The van der Waals surface area contributed by atoms with Crippen molar-refractivity contribution >= 4 is 16.4 Å². The van der Waals surface area contributed by atoms with Gasteiger partial charge in [0.25, 0.3) is 0 Å². The van der Waals surface area contributed by atoms with Gasteiger partial charge in [-0.1, -0.05) is 59.7 Å². The third kappa shape index (κ3) is 9.05. The van der Waals surface area contributed by atoms with Gasteiger partial charge in [0.1, 0.15) is 5.75 Å². The SMILES string of the molecule is CCN(CC)CC.COC(=O)NS(=O)(=O)Oc1ccccc1C(C)(C)C. The number of benzene rings is 1. The molecule has 0 spiro atoms. The van der Waals surface area contributed by atoms with E-state index in [0.717, 1.165) is 7.11 Å². The first kappa shape index (κ1) is 24.2. The van der Waals surface area contributed by atoms with Gasteiger partial charge >= 0.3 is 16.4 Å². The van der Waals surface area contributed by atoms with Crippen molar-refractivity contribution in [3.63, 3.8) is 0 Å². The Morgan fingerprint density at radius 3 is 1.96 bits per heavy atom. The molecule has 7 nitrogen and oxygen atoms in total. The maximum atomic E-state index is 11.6. The summed E-state index contributed by atoms with van der Waals surface area (Å²) >= 11 is 0. The summed E-state index contributed by atoms with van der Waals surface area (Å²) in [5, 5.41) is 0. The molecule has 0 bridgehead atoms. The van der Waals surface area contributed by atoms with Gasteiger partial charge in [0.15, 0.2) is 0 Å². The molecule has 0 saturated heterocycles. The zero-order valence-corrected chi connectivity index (χ0v) is 17.6. The molecule has 0 radical (unpaired) electrons. The first-order valence-electron chi connectivity index (χ1n) is 8.62. The van der Waals surface area contributed by atoms with Gasteiger partial charge in [-0.25, -0.2) is 4.79 Å². The quantitative estimate of drug-likeness (QED) is 0.805. The fourth-order valence-corrected chi connectivity index (χ4v) is 2.82. The first-order valence-corrected chi connectivity index (χ1v) is 10.0. The average molecular weight is 389 g/mol. The zero-order valence-electron chi connectivity index (χ0n) is 16.8. The number of hydrogen-bond acceptors (Lipinski definition) is 6. The van der Waals surface area contributed by atoms with Gasteiger partial charge in [0, 0.05) is 5.56 Å². The summed E-state index contributed by atoms with van der Waals surface area (Å²) in [4.78, 5) is 13.3. The van der Waals surface area contributed by atoms with Crippen molar-refractivity contribution in [2.45, 2.75) is 47.0 Å². The van der Waals surface area contributed by atoms with E-state index in [9.17, 15) is 13.2 Å². The van der Waals surface area contributed by atoms with E-state index in [1.165, 1.54) is 25.7 Å². The average Bonchev–Trinajstić information content (AvgIpc) is 2.55. The smallest absolute Gasteiger partial charge is 0.423 e. The number of carbonyl (C=O) groups excluding carboxylic acids is 1. The number of methoxy groups -OCH3 is 1. The summed E-state index contributed by atoms with van der Waals surface area (Å²) in [5.74, 6) is 0.173. The Morgan fingerprint density at radius 2 is 1.58 bits per heavy atom. The molecule has 150 valence electrons. The third-order valence-corrected chi connectivity index (χ3v) is 4.45. The van der Waals surface area contributed by atoms with E-state index in [1.807, 2.05) is 20.8 Å². The first-order chi connectivity index (χ1) is 12.0. The standard InChI is InChI=1S/C12H17NO5S.C6H15N/c1-12(2,3)9-7-5-6-8-10(9)18-19(15,16)13-11(14)17-4;1-4-7(5-2)6-3/h5-8H,1-4H3,(H,13,14);4-6H2,1-3H3. The minimum atomic E-state index is -4.25. The molecule has 1 aromatic carbocycles. The fourth-order valence-electron chi connectivity index (χ4n) is 2.11. The Balaban J connectivity index is 0.000000758. The zero-order chi connectivity index (χ0) is 20.4. The number of nitrogens with one attached hydrogen (secondary N) is 1. The van der Waals surface area contributed by atoms with Gasteiger partial charge in [-0.05, 0) is 31.1 Å². The third-order valence-electron chi connectivity index (χ3n) is 3.63. The van der Waals surface area contributed by atoms with Crippen LogP contribution >= 0.6 is 0 Å². The molecule has 1 amide bonds. The number of carbonyl (C=O) groups is 1. The molecule has 0 fully saturated rings. The highest BCUT2D eigenvalue weighted by atomic mass is 32.2. The number of amides is 1. The lowest BCUT2D eigenvalue weighted by Crippen LogP contribution is -2.34. The molecule has 0 unspecified atom stereocenters. The molecule has 0 aliphatic carbocycles. The summed E-state index contributed by atoms with van der Waals surface area (Å²) in [6.07, 6.45) is -1.10. The van der Waals surface area contributed by atoms with Gasteiger partial charge in [-0.3, -0.25) is 0 Å². The van der Waals surface area contributed by atoms with Crippen molar-refractivity contribution in [1.82, 2.24) is 9.62 Å². The van der Waals surface area contributed by atoms with Crippen LogP contribution in [0.3, 0.4) is 0 Å². The van der Waals surface area contributed by atoms with Crippen molar-refractivity contribution in [3.05, 3.63) is 29.8 Å². The lowest BCUT2D eigenvalue weighted by molar-refractivity contribution is 0.177. The normalized spacial score (nSPS) is 11.4. The van der Waals surface area contributed by atoms with Crippen molar-refractivity contribution in [2.24, 2.45) is 0 Å². The molecule has 0 aliphatic rings. The van der Waals surface area contributed by atoms with E-state index in [4.69, 9.17) is 4.18 Å². The largest absolute Gasteiger partial charge is 0.452 e. The summed E-state index contributed by atoms with van der Waals surface area (Å²) in [6.45, 7) is 15.9. The monoisotopic (exact) mass is 388 g/mol. The molecule has 0 atom stereocenters. The summed E-state index contributed by atoms with van der Waals surface area (Å²) < 4.78 is 34.0. The Kier molecular flexibility index (Phi) is 10.3. The van der Waals surface area contributed by atoms with Gasteiger partial charge in [-0.15, -0.1) is 0 Å². The number of rotatable bonds is 6. The van der Waals surface area contributed by atoms with Crippen LogP contribution in [0, 0.1) is 0 Å². The second-order valence-corrected chi connectivity index (χ2v) is 7.78. The van der Waals surface area contributed by atoms with Gasteiger partial charge in [0.05, 0.1) is 7.11 Å². The van der Waals surface area contributed by atoms with Crippen molar-refractivity contribution in [3.8, 4) is 5.75 Å². The predicted molar refractivity (Wildman–Crippen MR) is 104 cm³/mol. The van der Waals surface area contributed by atoms with Crippen LogP contribution < -0.4 is 8.91 Å². The minimum absolute atomic E-state index is 0.173. The topological polar surface area (TPSA) is 84.9 Å². The molecular formula is C18H32N2O5S. The maximum absolute atomic E-state index is 11.6. The Hall–Kier alpha value is -1.80. The van der Waals surface area contributed by atoms with Crippen LogP contribution in [0.5, 0.6) is 5.75 Å². The second-order valence-electron chi connectivity index (χ2n) is 6.50. The number of hydrogen-bond donors (Lipinski definition) is 1. The highest BCUT2D eigenvalue weighted by Crippen LogP contribution is 2.31. The molecule has 1 N–H and O–H groups in total. The molecule has 26 heavy (non-hydrogen) atoms. The number of para-hydroxylation sites is 1. The Morgan fingerprint density at radius 1 is 1.08 bits per heavy atom. The second kappa shape index (κ2) is 11.0. The van der Waals surface area contributed by atoms with Gasteiger partial charge in [0.2, 0.25) is 0 Å². The van der Waals surface area contributed by atoms with Crippen molar-refractivity contribution in [1.29, 1.82) is 0 Å². The molecule has 1 aromatic rings. The molecule has 0 aliphatic heterocycles. The van der Waals surface area contributed by atoms with E-state index < -0.39 is 16.4 Å². The van der Waals surface area contributed by atoms with Crippen LogP contribution in [0.25, 0.3) is 0 Å². The molecule has 0 heterocycles. The maximum Gasteiger partial charge on any atom is 0.423 e. The molecule has 8 heteroatoms. The van der Waals surface area contributed by atoms with Crippen LogP contribution in [0.15, 0.2) is 24.3 Å². The number of nitrogens with zero attached hydrogens (tertiary/aromatic N) is 1. The van der Waals surface area contributed by atoms with E-state index in [1.54, 1.807) is 22.9 Å². The highest BCUT2D eigenvalue weighted by molar-refractivity contribution is 7.85. The van der Waals surface area contributed by atoms with Crippen molar-refractivity contribution in [2.75, 3.05) is 26.7 Å². The van der Waals surface area contributed by atoms with Gasteiger partial charge in [-0.2, -0.15) is 13.1 Å². The number of ether oxygens (including phenoxy) is 1. The van der Waals surface area contributed by atoms with E-state index in [2.05, 4.69) is 30.4 Å². The van der Waals surface area contributed by atoms with Crippen LogP contribution in [-0.4, -0.2) is 46.2 Å². The fraction of sp³-hybridized carbons (Fsp3) is 0.611. The van der Waals surface area contributed by atoms with Crippen LogP contribution in [-0.2, 0) is 20.5 Å². The van der Waals surface area contributed by atoms with E-state index in [-0.39, 0.29) is 11.2 Å². The summed E-state index contributed by atoms with van der Waals surface area (Å²) in [5.41, 5.74) is 0.419. The lowest BCUT2D eigenvalue weighted by Gasteiger charge is -2.22. The van der Waals surface area contributed by atoms with Crippen LogP contribution in [0.2, 0.25) is 0 Å². The molecule has 0 saturated carbocycles.